The molecule has 0 N–H and O–H groups in total. The number of fused-ring (bicyclic) bond motifs is 10. The van der Waals surface area contributed by atoms with Gasteiger partial charge >= 0.3 is 6.85 Å². The van der Waals surface area contributed by atoms with Crippen molar-refractivity contribution < 1.29 is 0 Å². The predicted molar refractivity (Wildman–Crippen MR) is 191 cm³/mol. The quantitative estimate of drug-likeness (QED) is 0.188. The van der Waals surface area contributed by atoms with E-state index in [1.54, 1.807) is 0 Å². The van der Waals surface area contributed by atoms with Crippen LogP contribution < -0.4 is 10.9 Å². The van der Waals surface area contributed by atoms with Crippen molar-refractivity contribution in [3.8, 4) is 28.1 Å². The zero-order chi connectivity index (χ0) is 30.3. The van der Waals surface area contributed by atoms with Gasteiger partial charge in [-0.2, -0.15) is 0 Å². The monoisotopic (exact) mass is 577 g/mol. The standard InChI is InChI=1S/C41H32BN3/c1-22(2)27-14-16-35-38-37(27)39-41-30(17-18-43-39)31-21-26(36-24(4)19-23(3)20-25(36)5)13-15-34(31)45(41)42(38)32-11-8-10-29-28-9-6-7-12-33(28)44(35)40(29)32/h6-22H,1-5H3. The van der Waals surface area contributed by atoms with Gasteiger partial charge in [-0.3, -0.25) is 4.98 Å². The van der Waals surface area contributed by atoms with E-state index in [1.165, 1.54) is 99.2 Å². The highest BCUT2D eigenvalue weighted by atomic mass is 15.0. The summed E-state index contributed by atoms with van der Waals surface area (Å²) in [6.07, 6.45) is 2.03. The zero-order valence-corrected chi connectivity index (χ0v) is 26.2. The number of nitrogens with zero attached hydrogens (tertiary/aromatic N) is 3. The fraction of sp³-hybridized carbons (Fsp3) is 0.146. The van der Waals surface area contributed by atoms with Crippen LogP contribution >= 0.6 is 0 Å². The molecule has 45 heavy (non-hydrogen) atoms. The van der Waals surface area contributed by atoms with Gasteiger partial charge < -0.3 is 9.05 Å². The van der Waals surface area contributed by atoms with Crippen molar-refractivity contribution in [2.75, 3.05) is 0 Å². The van der Waals surface area contributed by atoms with Crippen LogP contribution in [0.2, 0.25) is 0 Å². The van der Waals surface area contributed by atoms with Crippen LogP contribution in [0.25, 0.3) is 71.7 Å². The van der Waals surface area contributed by atoms with Gasteiger partial charge in [-0.1, -0.05) is 80.1 Å². The van der Waals surface area contributed by atoms with Gasteiger partial charge in [0.25, 0.3) is 0 Å². The van der Waals surface area contributed by atoms with Gasteiger partial charge in [0.05, 0.1) is 22.2 Å². The molecule has 0 aliphatic carbocycles. The highest BCUT2D eigenvalue weighted by Gasteiger charge is 2.42. The molecule has 0 saturated carbocycles. The number of hydrogen-bond acceptors (Lipinski definition) is 1. The first-order valence-corrected chi connectivity index (χ1v) is 16.1. The molecule has 3 nitrogen and oxygen atoms in total. The van der Waals surface area contributed by atoms with Crippen LogP contribution in [-0.4, -0.2) is 20.9 Å². The van der Waals surface area contributed by atoms with Gasteiger partial charge in [0.15, 0.2) is 0 Å². The Morgan fingerprint density at radius 3 is 2.27 bits per heavy atom. The highest BCUT2D eigenvalue weighted by molar-refractivity contribution is 6.90. The fourth-order valence-corrected chi connectivity index (χ4v) is 9.02. The molecule has 0 fully saturated rings. The highest BCUT2D eigenvalue weighted by Crippen LogP contribution is 2.45. The number of aromatic nitrogens is 3. The molecule has 0 bridgehead atoms. The minimum absolute atomic E-state index is 0.0552. The number of para-hydroxylation sites is 2. The van der Waals surface area contributed by atoms with Crippen molar-refractivity contribution >= 4 is 61.4 Å². The Bertz CT molecular complexity index is 2590. The summed E-state index contributed by atoms with van der Waals surface area (Å²) in [6.45, 7) is 11.4. The van der Waals surface area contributed by atoms with Crippen LogP contribution in [0.4, 0.5) is 0 Å². The molecule has 2 aliphatic heterocycles. The maximum absolute atomic E-state index is 5.19. The van der Waals surface area contributed by atoms with E-state index in [4.69, 9.17) is 4.98 Å². The summed E-state index contributed by atoms with van der Waals surface area (Å²) in [6, 6.07) is 34.5. The lowest BCUT2D eigenvalue weighted by molar-refractivity contribution is 0.868. The Hall–Kier alpha value is -5.09. The Balaban J connectivity index is 1.39. The predicted octanol–water partition coefficient (Wildman–Crippen LogP) is 8.95. The first-order chi connectivity index (χ1) is 21.9. The van der Waals surface area contributed by atoms with Gasteiger partial charge in [0.1, 0.15) is 0 Å². The molecule has 3 aromatic heterocycles. The maximum Gasteiger partial charge on any atom is 0.333 e. The summed E-state index contributed by atoms with van der Waals surface area (Å²) in [5.41, 5.74) is 19.5. The average molecular weight is 578 g/mol. The summed E-state index contributed by atoms with van der Waals surface area (Å²) in [5.74, 6) is 0.372. The lowest BCUT2D eigenvalue weighted by atomic mass is 9.45. The Morgan fingerprint density at radius 2 is 1.44 bits per heavy atom. The molecule has 8 aromatic rings. The normalized spacial score (nSPS) is 13.2. The summed E-state index contributed by atoms with van der Waals surface area (Å²) in [7, 11) is 0. The number of pyridine rings is 1. The molecule has 10 rings (SSSR count). The van der Waals surface area contributed by atoms with Gasteiger partial charge in [-0.15, -0.1) is 0 Å². The van der Waals surface area contributed by atoms with E-state index in [2.05, 4.69) is 135 Å². The van der Waals surface area contributed by atoms with Crippen molar-refractivity contribution in [2.45, 2.75) is 40.5 Å². The molecule has 0 amide bonds. The molecule has 0 saturated heterocycles. The van der Waals surface area contributed by atoms with Crippen molar-refractivity contribution in [2.24, 2.45) is 0 Å². The summed E-state index contributed by atoms with van der Waals surface area (Å²) in [4.78, 5) is 5.19. The number of hydrogen-bond donors (Lipinski definition) is 0. The van der Waals surface area contributed by atoms with Crippen LogP contribution in [0.5, 0.6) is 0 Å². The smallest absolute Gasteiger partial charge is 0.333 e. The SMILES string of the molecule is Cc1cc(C)c(-c2ccc3c(c2)c2ccnc4c2n3B2c3c(ccc(C(C)C)c3-4)-n3c4ccccc4c4cccc2c43)c(C)c1. The third-order valence-corrected chi connectivity index (χ3v) is 10.6. The van der Waals surface area contributed by atoms with Crippen LogP contribution in [-0.2, 0) is 0 Å². The molecule has 4 heteroatoms. The van der Waals surface area contributed by atoms with Crippen molar-refractivity contribution in [3.63, 3.8) is 0 Å². The van der Waals surface area contributed by atoms with E-state index >= 15 is 0 Å². The topological polar surface area (TPSA) is 22.8 Å². The van der Waals surface area contributed by atoms with Crippen LogP contribution in [0.3, 0.4) is 0 Å². The van der Waals surface area contributed by atoms with Crippen LogP contribution in [0.15, 0.2) is 97.2 Å². The molecular formula is C41H32BN3. The summed E-state index contributed by atoms with van der Waals surface area (Å²) in [5, 5.41) is 5.20. The minimum atomic E-state index is 0.0552. The molecule has 0 unspecified atom stereocenters. The van der Waals surface area contributed by atoms with E-state index in [-0.39, 0.29) is 6.85 Å². The lowest BCUT2D eigenvalue weighted by Gasteiger charge is -2.35. The van der Waals surface area contributed by atoms with Crippen molar-refractivity contribution in [1.82, 2.24) is 14.0 Å². The zero-order valence-electron chi connectivity index (χ0n) is 26.2. The second-order valence-electron chi connectivity index (χ2n) is 13.5. The second-order valence-corrected chi connectivity index (χ2v) is 13.5. The first-order valence-electron chi connectivity index (χ1n) is 16.1. The third-order valence-electron chi connectivity index (χ3n) is 10.6. The molecule has 5 aromatic carbocycles. The number of benzene rings is 5. The fourth-order valence-electron chi connectivity index (χ4n) is 9.02. The largest absolute Gasteiger partial charge is 0.374 e. The molecule has 0 spiro atoms. The molecule has 214 valence electrons. The third kappa shape index (κ3) is 3.05. The van der Waals surface area contributed by atoms with Crippen molar-refractivity contribution in [3.05, 3.63) is 119 Å². The van der Waals surface area contributed by atoms with E-state index in [1.807, 2.05) is 6.20 Å². The second kappa shape index (κ2) is 8.54. The maximum atomic E-state index is 5.19. The summed E-state index contributed by atoms with van der Waals surface area (Å²) < 4.78 is 5.15. The van der Waals surface area contributed by atoms with Gasteiger partial charge in [-0.05, 0) is 95.8 Å². The van der Waals surface area contributed by atoms with Crippen LogP contribution in [0, 0.1) is 20.8 Å². The van der Waals surface area contributed by atoms with Crippen LogP contribution in [0.1, 0.15) is 42.0 Å². The Kier molecular flexibility index (Phi) is 4.80. The van der Waals surface area contributed by atoms with Crippen molar-refractivity contribution in [1.29, 1.82) is 0 Å². The van der Waals surface area contributed by atoms with E-state index in [9.17, 15) is 0 Å². The molecule has 5 heterocycles. The molecular weight excluding hydrogens is 545 g/mol. The lowest BCUT2D eigenvalue weighted by Crippen LogP contribution is -2.55. The molecule has 2 aliphatic rings. The summed E-state index contributed by atoms with van der Waals surface area (Å²) >= 11 is 0. The number of aryl methyl sites for hydroxylation is 3. The Labute approximate surface area is 262 Å². The van der Waals surface area contributed by atoms with E-state index in [0.29, 0.717) is 5.92 Å². The minimum Gasteiger partial charge on any atom is -0.374 e. The molecule has 0 radical (unpaired) electrons. The van der Waals surface area contributed by atoms with E-state index < -0.39 is 0 Å². The van der Waals surface area contributed by atoms with Gasteiger partial charge in [-0.25, -0.2) is 0 Å². The van der Waals surface area contributed by atoms with Gasteiger partial charge in [0, 0.05) is 44.5 Å². The average Bonchev–Trinajstić information content (AvgIpc) is 3.54. The van der Waals surface area contributed by atoms with E-state index in [0.717, 1.165) is 5.69 Å². The number of rotatable bonds is 2. The Morgan fingerprint density at radius 1 is 0.667 bits per heavy atom. The van der Waals surface area contributed by atoms with Gasteiger partial charge in [0.2, 0.25) is 0 Å². The molecule has 0 atom stereocenters. The first kappa shape index (κ1) is 25.3.